The minimum atomic E-state index is -0.864. The lowest BCUT2D eigenvalue weighted by Gasteiger charge is -2.23. The summed E-state index contributed by atoms with van der Waals surface area (Å²) < 4.78 is 1.46. The van der Waals surface area contributed by atoms with Gasteiger partial charge in [0.1, 0.15) is 0 Å². The number of ketones is 1. The number of hydrogen-bond acceptors (Lipinski definition) is 7. The lowest BCUT2D eigenvalue weighted by atomic mass is 9.96. The van der Waals surface area contributed by atoms with Crippen LogP contribution in [0.15, 0.2) is 123 Å². The Kier molecular flexibility index (Phi) is 7.82. The highest BCUT2D eigenvalue weighted by Gasteiger charge is 2.45. The number of aromatic nitrogens is 2. The summed E-state index contributed by atoms with van der Waals surface area (Å²) in [6.07, 6.45) is 3.05. The second-order valence-electron chi connectivity index (χ2n) is 9.28. The molecule has 1 unspecified atom stereocenters. The van der Waals surface area contributed by atoms with E-state index in [1.54, 1.807) is 6.08 Å². The zero-order chi connectivity index (χ0) is 28.3. The number of benzene rings is 4. The van der Waals surface area contributed by atoms with E-state index in [-0.39, 0.29) is 5.57 Å². The molecule has 1 amide bonds. The molecule has 0 saturated heterocycles. The Labute approximate surface area is 253 Å². The number of nitrogens with zero attached hydrogens (tertiary/aromatic N) is 3. The molecule has 0 fully saturated rings. The van der Waals surface area contributed by atoms with Crippen molar-refractivity contribution in [2.45, 2.75) is 16.1 Å². The van der Waals surface area contributed by atoms with E-state index >= 15 is 0 Å². The molecular weight excluding hydrogens is 618 g/mol. The molecule has 1 aliphatic rings. The summed E-state index contributed by atoms with van der Waals surface area (Å²) in [5, 5.41) is 22.3. The maximum Gasteiger partial charge on any atom is 0.296 e. The second kappa shape index (κ2) is 11.8. The van der Waals surface area contributed by atoms with Crippen LogP contribution in [0.3, 0.4) is 0 Å². The van der Waals surface area contributed by atoms with Gasteiger partial charge in [-0.3, -0.25) is 14.5 Å². The average molecular weight is 641 g/mol. The van der Waals surface area contributed by atoms with Gasteiger partial charge in [0.15, 0.2) is 15.9 Å². The smallest absolute Gasteiger partial charge is 0.296 e. The molecule has 0 radical (unpaired) electrons. The van der Waals surface area contributed by atoms with E-state index in [4.69, 9.17) is 0 Å². The molecule has 4 aromatic carbocycles. The van der Waals surface area contributed by atoms with Crippen LogP contribution in [0.5, 0.6) is 0 Å². The molecule has 1 atom stereocenters. The fraction of sp³-hybridized carbons (Fsp3) is 0.0625. The standard InChI is InChI=1S/C32H22BrN3O3S2/c33-24-14-7-12-22(18-24)28-27(26(37)17-16-20-8-2-1-3-9-20)29(38)30(39)36(28)31-34-35-32(41-31)40-19-23-13-6-11-21-10-4-5-15-25(21)23/h1-18,28,38H,19H2. The number of rotatable bonds is 8. The molecular formula is C32H22BrN3O3S2. The predicted octanol–water partition coefficient (Wildman–Crippen LogP) is 7.93. The van der Waals surface area contributed by atoms with Crippen LogP contribution in [0.25, 0.3) is 16.8 Å². The predicted molar refractivity (Wildman–Crippen MR) is 168 cm³/mol. The Bertz CT molecular complexity index is 1830. The van der Waals surface area contributed by atoms with Crippen LogP contribution >= 0.6 is 39.0 Å². The van der Waals surface area contributed by atoms with Crippen molar-refractivity contribution in [2.24, 2.45) is 0 Å². The number of amides is 1. The Hall–Kier alpha value is -4.05. The normalized spacial score (nSPS) is 15.4. The van der Waals surface area contributed by atoms with Crippen molar-refractivity contribution in [3.8, 4) is 0 Å². The van der Waals surface area contributed by atoms with Crippen LogP contribution in [-0.2, 0) is 15.3 Å². The van der Waals surface area contributed by atoms with Crippen molar-refractivity contribution in [1.29, 1.82) is 0 Å². The highest BCUT2D eigenvalue weighted by molar-refractivity contribution is 9.10. The molecule has 1 aliphatic heterocycles. The lowest BCUT2D eigenvalue weighted by Crippen LogP contribution is -2.30. The fourth-order valence-electron chi connectivity index (χ4n) is 4.79. The summed E-state index contributed by atoms with van der Waals surface area (Å²) in [5.41, 5.74) is 2.67. The quantitative estimate of drug-likeness (QED) is 0.105. The van der Waals surface area contributed by atoms with E-state index < -0.39 is 23.5 Å². The molecule has 1 N–H and O–H groups in total. The average Bonchev–Trinajstić information content (AvgIpc) is 3.57. The van der Waals surface area contributed by atoms with Crippen molar-refractivity contribution >= 4 is 72.7 Å². The number of anilines is 1. The molecule has 0 saturated carbocycles. The monoisotopic (exact) mass is 639 g/mol. The lowest BCUT2D eigenvalue weighted by molar-refractivity contribution is -0.117. The summed E-state index contributed by atoms with van der Waals surface area (Å²) in [6, 6.07) is 30.3. The fourth-order valence-corrected chi connectivity index (χ4v) is 7.08. The van der Waals surface area contributed by atoms with Crippen molar-refractivity contribution < 1.29 is 14.7 Å². The third-order valence-electron chi connectivity index (χ3n) is 6.70. The van der Waals surface area contributed by atoms with Gasteiger partial charge in [-0.05, 0) is 45.7 Å². The number of halogens is 1. The number of hydrogen-bond donors (Lipinski definition) is 1. The molecule has 0 spiro atoms. The third-order valence-corrected chi connectivity index (χ3v) is 9.30. The summed E-state index contributed by atoms with van der Waals surface area (Å²) in [7, 11) is 0. The van der Waals surface area contributed by atoms with Crippen molar-refractivity contribution in [3.05, 3.63) is 136 Å². The van der Waals surface area contributed by atoms with Crippen LogP contribution in [-0.4, -0.2) is 27.0 Å². The van der Waals surface area contributed by atoms with Crippen molar-refractivity contribution in [3.63, 3.8) is 0 Å². The maximum atomic E-state index is 13.5. The number of carbonyl (C=O) groups excluding carboxylic acids is 2. The van der Waals surface area contributed by atoms with Gasteiger partial charge in [0.2, 0.25) is 5.13 Å². The molecule has 6 nitrogen and oxygen atoms in total. The number of fused-ring (bicyclic) bond motifs is 1. The summed E-state index contributed by atoms with van der Waals surface area (Å²) in [5.74, 6) is -1.05. The van der Waals surface area contributed by atoms with E-state index in [0.29, 0.717) is 20.8 Å². The Morgan fingerprint density at radius 3 is 2.56 bits per heavy atom. The van der Waals surface area contributed by atoms with Gasteiger partial charge in [0, 0.05) is 10.2 Å². The second-order valence-corrected chi connectivity index (χ2v) is 12.4. The van der Waals surface area contributed by atoms with Gasteiger partial charge in [-0.1, -0.05) is 130 Å². The highest BCUT2D eigenvalue weighted by atomic mass is 79.9. The first-order valence-electron chi connectivity index (χ1n) is 12.7. The number of aliphatic hydroxyl groups is 1. The van der Waals surface area contributed by atoms with Gasteiger partial charge < -0.3 is 5.11 Å². The van der Waals surface area contributed by atoms with Crippen molar-refractivity contribution in [2.75, 3.05) is 4.90 Å². The highest BCUT2D eigenvalue weighted by Crippen LogP contribution is 2.44. The zero-order valence-corrected chi connectivity index (χ0v) is 24.7. The number of carbonyl (C=O) groups is 2. The van der Waals surface area contributed by atoms with Gasteiger partial charge in [-0.25, -0.2) is 0 Å². The van der Waals surface area contributed by atoms with Crippen LogP contribution in [0.4, 0.5) is 5.13 Å². The molecule has 202 valence electrons. The number of allylic oxidation sites excluding steroid dienone is 1. The van der Waals surface area contributed by atoms with Crippen LogP contribution in [0.1, 0.15) is 22.7 Å². The first-order chi connectivity index (χ1) is 20.0. The largest absolute Gasteiger partial charge is 0.503 e. The molecule has 6 rings (SSSR count). The maximum absolute atomic E-state index is 13.5. The van der Waals surface area contributed by atoms with E-state index in [1.807, 2.05) is 72.8 Å². The van der Waals surface area contributed by atoms with Gasteiger partial charge in [0.05, 0.1) is 11.6 Å². The van der Waals surface area contributed by atoms with E-state index in [0.717, 1.165) is 10.0 Å². The first-order valence-corrected chi connectivity index (χ1v) is 15.3. The Balaban J connectivity index is 1.31. The Morgan fingerprint density at radius 1 is 0.976 bits per heavy atom. The molecule has 5 aromatic rings. The SMILES string of the molecule is O=C(C=Cc1ccccc1)C1=C(O)C(=O)N(c2nnc(SCc3cccc4ccccc34)s2)C1c1cccc(Br)c1. The molecule has 1 aromatic heterocycles. The van der Waals surface area contributed by atoms with Gasteiger partial charge in [-0.15, -0.1) is 10.2 Å². The zero-order valence-electron chi connectivity index (χ0n) is 21.5. The van der Waals surface area contributed by atoms with Gasteiger partial charge in [0.25, 0.3) is 5.91 Å². The van der Waals surface area contributed by atoms with Crippen LogP contribution < -0.4 is 4.90 Å². The summed E-state index contributed by atoms with van der Waals surface area (Å²) >= 11 is 6.27. The molecule has 2 heterocycles. The van der Waals surface area contributed by atoms with Crippen LogP contribution in [0.2, 0.25) is 0 Å². The van der Waals surface area contributed by atoms with Crippen molar-refractivity contribution in [1.82, 2.24) is 10.2 Å². The molecule has 41 heavy (non-hydrogen) atoms. The van der Waals surface area contributed by atoms with E-state index in [9.17, 15) is 14.7 Å². The van der Waals surface area contributed by atoms with Crippen LogP contribution in [0, 0.1) is 0 Å². The third kappa shape index (κ3) is 5.61. The van der Waals surface area contributed by atoms with E-state index in [2.05, 4.69) is 50.4 Å². The van der Waals surface area contributed by atoms with Gasteiger partial charge in [-0.2, -0.15) is 0 Å². The van der Waals surface area contributed by atoms with Gasteiger partial charge >= 0.3 is 0 Å². The molecule has 9 heteroatoms. The molecule has 0 aliphatic carbocycles. The summed E-state index contributed by atoms with van der Waals surface area (Å²) in [6.45, 7) is 0. The first kappa shape index (κ1) is 27.1. The van der Waals surface area contributed by atoms with E-state index in [1.165, 1.54) is 50.4 Å². The number of thioether (sulfide) groups is 1. The number of aliphatic hydroxyl groups excluding tert-OH is 1. The molecule has 0 bridgehead atoms. The Morgan fingerprint density at radius 2 is 1.73 bits per heavy atom. The minimum Gasteiger partial charge on any atom is -0.503 e. The topological polar surface area (TPSA) is 83.4 Å². The summed E-state index contributed by atoms with van der Waals surface area (Å²) in [4.78, 5) is 28.3. The minimum absolute atomic E-state index is 0.000407.